The van der Waals surface area contributed by atoms with Crippen molar-refractivity contribution in [1.82, 2.24) is 0 Å². The van der Waals surface area contributed by atoms with E-state index in [0.717, 1.165) is 35.4 Å². The van der Waals surface area contributed by atoms with Crippen molar-refractivity contribution < 1.29 is 49.7 Å². The molecule has 0 radical (unpaired) electrons. The number of phenolic OH excluding ortho intramolecular Hbond substituents is 6. The number of phenols is 6. The number of hydrogen-bond acceptors (Lipinski definition) is 10. The predicted molar refractivity (Wildman–Crippen MR) is 145 cm³/mol. The van der Waals surface area contributed by atoms with Gasteiger partial charge in [0.2, 0.25) is 11.6 Å². The summed E-state index contributed by atoms with van der Waals surface area (Å²) in [5.74, 6) is -2.68. The van der Waals surface area contributed by atoms with E-state index in [1.165, 1.54) is 0 Å². The van der Waals surface area contributed by atoms with Crippen LogP contribution < -0.4 is 9.47 Å². The van der Waals surface area contributed by atoms with Gasteiger partial charge in [-0.15, -0.1) is 0 Å². The lowest BCUT2D eigenvalue weighted by atomic mass is 10.1. The molecule has 4 rings (SSSR count). The number of para-hydroxylation sites is 1. The number of ketones is 2. The van der Waals surface area contributed by atoms with Crippen LogP contribution in [0.2, 0.25) is 0 Å². The first-order chi connectivity index (χ1) is 19.0. The van der Waals surface area contributed by atoms with Crippen LogP contribution in [0.1, 0.15) is 31.8 Å². The SMILES string of the molecule is Cc1ccc(OCC(=O)c2c(O)cc(O)cc2O)cc1.Cc1ccccc1OCC(=O)c1c(O)cc(O)cc1O. The summed E-state index contributed by atoms with van der Waals surface area (Å²) >= 11 is 0. The lowest BCUT2D eigenvalue weighted by Gasteiger charge is -2.10. The van der Waals surface area contributed by atoms with Gasteiger partial charge in [-0.2, -0.15) is 0 Å². The Labute approximate surface area is 229 Å². The molecule has 0 atom stereocenters. The maximum absolute atomic E-state index is 12.0. The molecule has 10 heteroatoms. The second kappa shape index (κ2) is 12.9. The van der Waals surface area contributed by atoms with Crippen LogP contribution >= 0.6 is 0 Å². The monoisotopic (exact) mass is 548 g/mol. The summed E-state index contributed by atoms with van der Waals surface area (Å²) < 4.78 is 10.6. The normalized spacial score (nSPS) is 10.2. The van der Waals surface area contributed by atoms with Gasteiger partial charge in [-0.3, -0.25) is 9.59 Å². The van der Waals surface area contributed by atoms with Crippen molar-refractivity contribution in [3.8, 4) is 46.0 Å². The molecule has 0 aromatic heterocycles. The molecule has 0 spiro atoms. The number of carbonyl (C=O) groups is 2. The average molecular weight is 549 g/mol. The molecule has 0 aliphatic rings. The van der Waals surface area contributed by atoms with E-state index in [9.17, 15) is 40.2 Å². The first-order valence-corrected chi connectivity index (χ1v) is 11.9. The van der Waals surface area contributed by atoms with Crippen LogP contribution in [0.15, 0.2) is 72.8 Å². The molecule has 0 unspecified atom stereocenters. The van der Waals surface area contributed by atoms with Crippen LogP contribution in [0.5, 0.6) is 46.0 Å². The van der Waals surface area contributed by atoms with Crippen molar-refractivity contribution in [2.75, 3.05) is 13.2 Å². The van der Waals surface area contributed by atoms with E-state index < -0.39 is 34.6 Å². The van der Waals surface area contributed by atoms with E-state index in [1.807, 2.05) is 38.1 Å². The molecule has 0 saturated heterocycles. The van der Waals surface area contributed by atoms with E-state index in [-0.39, 0.29) is 35.8 Å². The zero-order valence-corrected chi connectivity index (χ0v) is 21.7. The molecule has 0 heterocycles. The van der Waals surface area contributed by atoms with E-state index >= 15 is 0 Å². The van der Waals surface area contributed by atoms with Crippen molar-refractivity contribution in [2.45, 2.75) is 13.8 Å². The third-order valence-electron chi connectivity index (χ3n) is 5.56. The number of benzene rings is 4. The van der Waals surface area contributed by atoms with Crippen molar-refractivity contribution in [1.29, 1.82) is 0 Å². The van der Waals surface area contributed by atoms with Crippen LogP contribution in [0.3, 0.4) is 0 Å². The molecular formula is C30H28O10. The minimum absolute atomic E-state index is 0.267. The third kappa shape index (κ3) is 7.57. The Kier molecular flexibility index (Phi) is 9.43. The number of carbonyl (C=O) groups excluding carboxylic acids is 2. The second-order valence-corrected chi connectivity index (χ2v) is 8.72. The molecule has 10 nitrogen and oxygen atoms in total. The molecule has 6 N–H and O–H groups in total. The van der Waals surface area contributed by atoms with Gasteiger partial charge in [0.05, 0.1) is 0 Å². The minimum atomic E-state index is -0.583. The van der Waals surface area contributed by atoms with Crippen LogP contribution in [0.4, 0.5) is 0 Å². The van der Waals surface area contributed by atoms with Gasteiger partial charge in [0.25, 0.3) is 0 Å². The molecule has 4 aromatic rings. The molecule has 208 valence electrons. The van der Waals surface area contributed by atoms with Crippen LogP contribution in [-0.4, -0.2) is 55.4 Å². The van der Waals surface area contributed by atoms with Crippen molar-refractivity contribution >= 4 is 11.6 Å². The number of rotatable bonds is 8. The highest BCUT2D eigenvalue weighted by Crippen LogP contribution is 2.33. The topological polar surface area (TPSA) is 174 Å². The standard InChI is InChI=1S/2C15H14O5/c1-9-2-4-11(5-3-9)20-8-14(19)15-12(17)6-10(16)7-13(15)18;1-9-4-2-3-5-14(9)20-8-13(19)15-11(17)6-10(16)7-12(15)18/h2*2-7,16-18H,8H2,1H3. The van der Waals surface area contributed by atoms with Gasteiger partial charge in [0.15, 0.2) is 13.2 Å². The van der Waals surface area contributed by atoms with Gasteiger partial charge < -0.3 is 40.1 Å². The maximum atomic E-state index is 12.0. The van der Waals surface area contributed by atoms with E-state index in [4.69, 9.17) is 9.47 Å². The largest absolute Gasteiger partial charge is 0.508 e. The molecule has 0 amide bonds. The molecule has 0 bridgehead atoms. The summed E-state index contributed by atoms with van der Waals surface area (Å²) in [5, 5.41) is 56.7. The Morgan fingerprint density at radius 3 is 1.48 bits per heavy atom. The van der Waals surface area contributed by atoms with E-state index in [2.05, 4.69) is 0 Å². The summed E-state index contributed by atoms with van der Waals surface area (Å²) in [6.45, 7) is 3.13. The average Bonchev–Trinajstić information content (AvgIpc) is 2.87. The molecule has 40 heavy (non-hydrogen) atoms. The van der Waals surface area contributed by atoms with Crippen molar-refractivity contribution in [3.63, 3.8) is 0 Å². The van der Waals surface area contributed by atoms with Crippen LogP contribution in [-0.2, 0) is 0 Å². The van der Waals surface area contributed by atoms with Crippen molar-refractivity contribution in [2.24, 2.45) is 0 Å². The Balaban J connectivity index is 0.000000220. The van der Waals surface area contributed by atoms with Gasteiger partial charge in [-0.25, -0.2) is 0 Å². The Morgan fingerprint density at radius 2 is 1.02 bits per heavy atom. The van der Waals surface area contributed by atoms with Crippen molar-refractivity contribution in [3.05, 3.63) is 95.1 Å². The minimum Gasteiger partial charge on any atom is -0.508 e. The summed E-state index contributed by atoms with van der Waals surface area (Å²) in [4.78, 5) is 23.9. The number of ether oxygens (including phenoxy) is 2. The van der Waals surface area contributed by atoms with Crippen LogP contribution in [0, 0.1) is 13.8 Å². The van der Waals surface area contributed by atoms with Gasteiger partial charge in [0.1, 0.15) is 57.1 Å². The van der Waals surface area contributed by atoms with Gasteiger partial charge in [0, 0.05) is 24.3 Å². The van der Waals surface area contributed by atoms with E-state index in [0.29, 0.717) is 11.5 Å². The smallest absolute Gasteiger partial charge is 0.207 e. The molecule has 0 aliphatic heterocycles. The lowest BCUT2D eigenvalue weighted by molar-refractivity contribution is 0.0908. The highest BCUT2D eigenvalue weighted by atomic mass is 16.5. The molecule has 0 fully saturated rings. The highest BCUT2D eigenvalue weighted by Gasteiger charge is 2.19. The van der Waals surface area contributed by atoms with Gasteiger partial charge in [-0.05, 0) is 37.6 Å². The number of aromatic hydroxyl groups is 6. The Morgan fingerprint density at radius 1 is 0.600 bits per heavy atom. The quantitative estimate of drug-likeness (QED) is 0.169. The Hall–Kier alpha value is -5.38. The predicted octanol–water partition coefficient (Wildman–Crippen LogP) is 4.75. The van der Waals surface area contributed by atoms with Gasteiger partial charge in [-0.1, -0.05) is 35.9 Å². The summed E-state index contributed by atoms with van der Waals surface area (Å²) in [6.07, 6.45) is 0. The zero-order valence-electron chi connectivity index (χ0n) is 21.7. The fraction of sp³-hybridized carbons (Fsp3) is 0.133. The maximum Gasteiger partial charge on any atom is 0.207 e. The number of aryl methyl sites for hydroxylation is 2. The molecule has 0 aliphatic carbocycles. The summed E-state index contributed by atoms with van der Waals surface area (Å²) in [6, 6.07) is 18.3. The lowest BCUT2D eigenvalue weighted by Crippen LogP contribution is -2.12. The Bertz CT molecular complexity index is 1460. The number of hydrogen-bond donors (Lipinski definition) is 6. The van der Waals surface area contributed by atoms with Crippen LogP contribution in [0.25, 0.3) is 0 Å². The molecule has 4 aromatic carbocycles. The van der Waals surface area contributed by atoms with Gasteiger partial charge >= 0.3 is 0 Å². The molecule has 0 saturated carbocycles. The highest BCUT2D eigenvalue weighted by molar-refractivity contribution is 6.03. The number of Topliss-reactive ketones (excluding diaryl/α,β-unsaturated/α-hetero) is 2. The second-order valence-electron chi connectivity index (χ2n) is 8.72. The first-order valence-electron chi connectivity index (χ1n) is 11.9. The summed E-state index contributed by atoms with van der Waals surface area (Å²) in [5.41, 5.74) is 1.41. The third-order valence-corrected chi connectivity index (χ3v) is 5.56. The molecular weight excluding hydrogens is 520 g/mol. The summed E-state index contributed by atoms with van der Waals surface area (Å²) in [7, 11) is 0. The van der Waals surface area contributed by atoms with E-state index in [1.54, 1.807) is 24.3 Å². The fourth-order valence-electron chi connectivity index (χ4n) is 3.56. The first kappa shape index (κ1) is 29.2. The fourth-order valence-corrected chi connectivity index (χ4v) is 3.56. The zero-order chi connectivity index (χ0) is 29.4.